The molecule has 0 aliphatic carbocycles. The van der Waals surface area contributed by atoms with Gasteiger partial charge in [-0.25, -0.2) is 4.90 Å². The predicted molar refractivity (Wildman–Crippen MR) is 119 cm³/mol. The second-order valence-electron chi connectivity index (χ2n) is 7.66. The minimum atomic E-state index is -1.17. The Hall–Kier alpha value is -4.08. The van der Waals surface area contributed by atoms with Crippen LogP contribution < -0.4 is 25.3 Å². The number of ether oxygens (including phenoxy) is 3. The van der Waals surface area contributed by atoms with Crippen molar-refractivity contribution in [2.24, 2.45) is 5.92 Å². The van der Waals surface area contributed by atoms with E-state index in [2.05, 4.69) is 5.32 Å². The fourth-order valence-electron chi connectivity index (χ4n) is 3.60. The molecule has 1 aliphatic heterocycles. The molecule has 0 unspecified atom stereocenters. The van der Waals surface area contributed by atoms with Crippen molar-refractivity contribution in [3.8, 4) is 17.2 Å². The van der Waals surface area contributed by atoms with Gasteiger partial charge in [-0.2, -0.15) is 0 Å². The SMILES string of the molecule is COc1cc(C(=O)N[C@H](C(=O)N2C(=O)c3cccc(N)c3C2=O)C(C)C)cc(OC)c1OC. The number of carbonyl (C=O) groups is 4. The van der Waals surface area contributed by atoms with Crippen molar-refractivity contribution in [2.45, 2.75) is 19.9 Å². The number of carbonyl (C=O) groups excluding carboxylic acids is 4. The van der Waals surface area contributed by atoms with E-state index in [9.17, 15) is 19.2 Å². The van der Waals surface area contributed by atoms with E-state index in [0.29, 0.717) is 10.6 Å². The summed E-state index contributed by atoms with van der Waals surface area (Å²) in [5.41, 5.74) is 6.11. The monoisotopic (exact) mass is 455 g/mol. The van der Waals surface area contributed by atoms with Gasteiger partial charge in [0.2, 0.25) is 5.75 Å². The molecule has 10 heteroatoms. The first-order valence-corrected chi connectivity index (χ1v) is 10.1. The van der Waals surface area contributed by atoms with Gasteiger partial charge < -0.3 is 25.3 Å². The van der Waals surface area contributed by atoms with Gasteiger partial charge >= 0.3 is 0 Å². The van der Waals surface area contributed by atoms with Gasteiger partial charge in [-0.15, -0.1) is 0 Å². The highest BCUT2D eigenvalue weighted by molar-refractivity contribution is 6.31. The third kappa shape index (κ3) is 4.07. The summed E-state index contributed by atoms with van der Waals surface area (Å²) in [7, 11) is 4.25. The van der Waals surface area contributed by atoms with Gasteiger partial charge in [0, 0.05) is 11.3 Å². The standard InChI is InChI=1S/C23H25N3O7/c1-11(2)18(23(30)26-21(28)13-7-6-8-14(24)17(13)22(26)29)25-20(27)12-9-15(31-3)19(33-5)16(10-12)32-4/h6-11,18H,24H2,1-5H3,(H,25,27)/t18-/m0/s1. The van der Waals surface area contributed by atoms with Crippen LogP contribution in [0.2, 0.25) is 0 Å². The average Bonchev–Trinajstić information content (AvgIpc) is 3.06. The molecule has 0 spiro atoms. The zero-order valence-electron chi connectivity index (χ0n) is 18.9. The Kier molecular flexibility index (Phi) is 6.57. The lowest BCUT2D eigenvalue weighted by Crippen LogP contribution is -2.52. The van der Waals surface area contributed by atoms with E-state index in [-0.39, 0.29) is 33.9 Å². The average molecular weight is 455 g/mol. The molecule has 0 radical (unpaired) electrons. The molecule has 0 aromatic heterocycles. The smallest absolute Gasteiger partial charge is 0.270 e. The first-order valence-electron chi connectivity index (χ1n) is 10.1. The van der Waals surface area contributed by atoms with Crippen LogP contribution >= 0.6 is 0 Å². The van der Waals surface area contributed by atoms with Crippen molar-refractivity contribution in [1.29, 1.82) is 0 Å². The number of hydrogen-bond donors (Lipinski definition) is 2. The first kappa shape index (κ1) is 23.6. The maximum Gasteiger partial charge on any atom is 0.270 e. The van der Waals surface area contributed by atoms with E-state index in [1.165, 1.54) is 51.7 Å². The molecule has 2 aromatic carbocycles. The van der Waals surface area contributed by atoms with Gasteiger partial charge in [0.25, 0.3) is 23.6 Å². The van der Waals surface area contributed by atoms with E-state index in [4.69, 9.17) is 19.9 Å². The molecular formula is C23H25N3O7. The Bertz CT molecular complexity index is 1120. The van der Waals surface area contributed by atoms with Crippen molar-refractivity contribution in [3.05, 3.63) is 47.0 Å². The lowest BCUT2D eigenvalue weighted by atomic mass is 10.0. The number of anilines is 1. The number of methoxy groups -OCH3 is 3. The number of amides is 4. The van der Waals surface area contributed by atoms with E-state index >= 15 is 0 Å². The van der Waals surface area contributed by atoms with Crippen molar-refractivity contribution in [1.82, 2.24) is 10.2 Å². The van der Waals surface area contributed by atoms with Crippen molar-refractivity contribution >= 4 is 29.3 Å². The summed E-state index contributed by atoms with van der Waals surface area (Å²) < 4.78 is 15.8. The normalized spacial score (nSPS) is 13.6. The van der Waals surface area contributed by atoms with Crippen LogP contribution in [-0.2, 0) is 4.79 Å². The molecular weight excluding hydrogens is 430 g/mol. The Morgan fingerprint density at radius 2 is 1.58 bits per heavy atom. The minimum Gasteiger partial charge on any atom is -0.493 e. The zero-order valence-corrected chi connectivity index (χ0v) is 18.9. The van der Waals surface area contributed by atoms with E-state index in [1.807, 2.05) is 0 Å². The number of rotatable bonds is 7. The molecule has 2 aromatic rings. The number of benzene rings is 2. The summed E-state index contributed by atoms with van der Waals surface area (Å²) in [6, 6.07) is 6.13. The Labute approximate surface area is 190 Å². The maximum atomic E-state index is 13.3. The van der Waals surface area contributed by atoms with Crippen molar-refractivity contribution < 1.29 is 33.4 Å². The number of nitrogens with zero attached hydrogens (tertiary/aromatic N) is 1. The van der Waals surface area contributed by atoms with Gasteiger partial charge in [0.05, 0.1) is 32.5 Å². The minimum absolute atomic E-state index is 0.0192. The van der Waals surface area contributed by atoms with Crippen LogP contribution in [0.15, 0.2) is 30.3 Å². The largest absolute Gasteiger partial charge is 0.493 e. The quantitative estimate of drug-likeness (QED) is 0.477. The fraction of sp³-hybridized carbons (Fsp3) is 0.304. The molecule has 3 N–H and O–H groups in total. The van der Waals surface area contributed by atoms with Gasteiger partial charge in [-0.3, -0.25) is 19.2 Å². The molecule has 0 fully saturated rings. The maximum absolute atomic E-state index is 13.3. The van der Waals surface area contributed by atoms with Crippen molar-refractivity contribution in [2.75, 3.05) is 27.1 Å². The molecule has 174 valence electrons. The summed E-state index contributed by atoms with van der Waals surface area (Å²) in [5.74, 6) is -2.70. The highest BCUT2D eigenvalue weighted by Crippen LogP contribution is 2.38. The van der Waals surface area contributed by atoms with E-state index < -0.39 is 35.6 Å². The summed E-state index contributed by atoms with van der Waals surface area (Å²) in [4.78, 5) is 52.4. The Morgan fingerprint density at radius 1 is 0.970 bits per heavy atom. The predicted octanol–water partition coefficient (Wildman–Crippen LogP) is 1.87. The number of nitrogens with one attached hydrogen (secondary N) is 1. The van der Waals surface area contributed by atoms with Crippen LogP contribution in [0, 0.1) is 5.92 Å². The van der Waals surface area contributed by atoms with Gasteiger partial charge in [0.1, 0.15) is 6.04 Å². The van der Waals surface area contributed by atoms with Gasteiger partial charge in [-0.1, -0.05) is 19.9 Å². The van der Waals surface area contributed by atoms with Gasteiger partial charge in [-0.05, 0) is 30.2 Å². The molecule has 33 heavy (non-hydrogen) atoms. The molecule has 1 atom stereocenters. The highest BCUT2D eigenvalue weighted by Gasteiger charge is 2.44. The van der Waals surface area contributed by atoms with Crippen LogP contribution in [0.25, 0.3) is 0 Å². The topological polar surface area (TPSA) is 137 Å². The van der Waals surface area contributed by atoms with Crippen LogP contribution in [0.4, 0.5) is 5.69 Å². The summed E-state index contributed by atoms with van der Waals surface area (Å²) in [6.07, 6.45) is 0. The lowest BCUT2D eigenvalue weighted by molar-refractivity contribution is -0.129. The molecule has 0 bridgehead atoms. The molecule has 10 nitrogen and oxygen atoms in total. The first-order chi connectivity index (χ1) is 15.7. The van der Waals surface area contributed by atoms with E-state index in [0.717, 1.165) is 0 Å². The second kappa shape index (κ2) is 9.19. The number of imide groups is 3. The number of nitrogens with two attached hydrogens (primary N) is 1. The third-order valence-electron chi connectivity index (χ3n) is 5.31. The molecule has 4 amide bonds. The lowest BCUT2D eigenvalue weighted by Gasteiger charge is -2.25. The molecule has 0 saturated heterocycles. The number of nitrogen functional groups attached to an aromatic ring is 1. The van der Waals surface area contributed by atoms with E-state index in [1.54, 1.807) is 13.8 Å². The molecule has 3 rings (SSSR count). The van der Waals surface area contributed by atoms with Crippen LogP contribution in [0.1, 0.15) is 44.9 Å². The summed E-state index contributed by atoms with van der Waals surface area (Å²) in [6.45, 7) is 3.37. The number of hydrogen-bond acceptors (Lipinski definition) is 8. The summed E-state index contributed by atoms with van der Waals surface area (Å²) in [5, 5.41) is 2.61. The Morgan fingerprint density at radius 3 is 2.06 bits per heavy atom. The Balaban J connectivity index is 1.91. The highest BCUT2D eigenvalue weighted by atomic mass is 16.5. The fourth-order valence-corrected chi connectivity index (χ4v) is 3.60. The van der Waals surface area contributed by atoms with Crippen LogP contribution in [-0.4, -0.2) is 55.9 Å². The molecule has 1 aliphatic rings. The van der Waals surface area contributed by atoms with Crippen molar-refractivity contribution in [3.63, 3.8) is 0 Å². The van der Waals surface area contributed by atoms with Crippen LogP contribution in [0.5, 0.6) is 17.2 Å². The van der Waals surface area contributed by atoms with Gasteiger partial charge in [0.15, 0.2) is 11.5 Å². The second-order valence-corrected chi connectivity index (χ2v) is 7.66. The molecule has 0 saturated carbocycles. The zero-order chi connectivity index (χ0) is 24.4. The van der Waals surface area contributed by atoms with Crippen LogP contribution in [0.3, 0.4) is 0 Å². The molecule has 1 heterocycles. The number of fused-ring (bicyclic) bond motifs is 1. The summed E-state index contributed by atoms with van der Waals surface area (Å²) >= 11 is 0. The third-order valence-corrected chi connectivity index (χ3v) is 5.31.